The molecule has 1 atom stereocenters. The number of carbonyl (C=O) groups excluding carboxylic acids is 1. The van der Waals surface area contributed by atoms with Crippen LogP contribution in [-0.2, 0) is 13.1 Å². The first-order valence-corrected chi connectivity index (χ1v) is 8.93. The van der Waals surface area contributed by atoms with Crippen LogP contribution in [0.4, 0.5) is 5.69 Å². The van der Waals surface area contributed by atoms with Gasteiger partial charge in [0.05, 0.1) is 7.05 Å². The van der Waals surface area contributed by atoms with Crippen molar-refractivity contribution in [3.8, 4) is 0 Å². The largest absolute Gasteiger partial charge is 0.330 e. The van der Waals surface area contributed by atoms with Crippen LogP contribution in [0, 0.1) is 6.92 Å². The second kappa shape index (κ2) is 8.45. The van der Waals surface area contributed by atoms with Crippen molar-refractivity contribution in [2.75, 3.05) is 12.4 Å². The molecule has 3 rings (SSSR count). The molecule has 3 heteroatoms. The fraction of sp³-hybridized carbons (Fsp3) is 0.174. The molecule has 0 fully saturated rings. The van der Waals surface area contributed by atoms with Crippen molar-refractivity contribution >= 4 is 11.6 Å². The van der Waals surface area contributed by atoms with Crippen molar-refractivity contribution in [1.82, 2.24) is 0 Å². The minimum absolute atomic E-state index is 0.0802. The molecule has 0 saturated carbocycles. The zero-order valence-electron chi connectivity index (χ0n) is 15.3. The van der Waals surface area contributed by atoms with Crippen molar-refractivity contribution in [3.63, 3.8) is 0 Å². The third-order valence-corrected chi connectivity index (χ3v) is 4.51. The number of carbonyl (C=O) groups is 1. The van der Waals surface area contributed by atoms with E-state index in [1.165, 1.54) is 21.6 Å². The Hall–Kier alpha value is -2.91. The Labute approximate surface area is 155 Å². The average molecular weight is 345 g/mol. The highest BCUT2D eigenvalue weighted by Gasteiger charge is 2.09. The lowest BCUT2D eigenvalue weighted by molar-refractivity contribution is -0.907. The number of hydrogen-bond acceptors (Lipinski definition) is 1. The summed E-state index contributed by atoms with van der Waals surface area (Å²) in [5, 5.41) is 2.91. The summed E-state index contributed by atoms with van der Waals surface area (Å²) in [6.07, 6.45) is 0. The van der Waals surface area contributed by atoms with Gasteiger partial charge in [0, 0.05) is 22.4 Å². The number of para-hydroxylation sites is 1. The molecule has 3 nitrogen and oxygen atoms in total. The molecule has 3 aromatic carbocycles. The lowest BCUT2D eigenvalue weighted by Gasteiger charge is -2.15. The van der Waals surface area contributed by atoms with E-state index < -0.39 is 0 Å². The third-order valence-electron chi connectivity index (χ3n) is 4.51. The Morgan fingerprint density at radius 1 is 0.846 bits per heavy atom. The van der Waals surface area contributed by atoms with Gasteiger partial charge in [-0.25, -0.2) is 0 Å². The van der Waals surface area contributed by atoms with Gasteiger partial charge in [-0.3, -0.25) is 4.79 Å². The number of aryl methyl sites for hydroxylation is 1. The van der Waals surface area contributed by atoms with Crippen LogP contribution in [-0.4, -0.2) is 13.0 Å². The first kappa shape index (κ1) is 17.9. The standard InChI is InChI=1S/C23H24N2O/c1-18-8-6-7-9-21(18)17-25(2)16-19-12-14-20(15-13-19)23(26)24-22-10-4-3-5-11-22/h3-15H,16-17H2,1-2H3,(H,24,26)/p+1. The van der Waals surface area contributed by atoms with Crippen LogP contribution in [0.5, 0.6) is 0 Å². The van der Waals surface area contributed by atoms with Crippen LogP contribution in [0.25, 0.3) is 0 Å². The number of amides is 1. The zero-order valence-corrected chi connectivity index (χ0v) is 15.3. The van der Waals surface area contributed by atoms with Crippen molar-refractivity contribution in [2.24, 2.45) is 0 Å². The fourth-order valence-electron chi connectivity index (χ4n) is 3.04. The van der Waals surface area contributed by atoms with Crippen LogP contribution >= 0.6 is 0 Å². The molecule has 0 heterocycles. The van der Waals surface area contributed by atoms with Gasteiger partial charge in [-0.05, 0) is 36.8 Å². The van der Waals surface area contributed by atoms with Gasteiger partial charge in [0.25, 0.3) is 5.91 Å². The van der Waals surface area contributed by atoms with E-state index in [0.717, 1.165) is 18.8 Å². The minimum atomic E-state index is -0.0802. The molecule has 0 saturated heterocycles. The number of rotatable bonds is 6. The van der Waals surface area contributed by atoms with E-state index in [4.69, 9.17) is 0 Å². The smallest absolute Gasteiger partial charge is 0.255 e. The van der Waals surface area contributed by atoms with Crippen LogP contribution in [0.3, 0.4) is 0 Å². The Morgan fingerprint density at radius 2 is 1.50 bits per heavy atom. The lowest BCUT2D eigenvalue weighted by Crippen LogP contribution is -3.06. The number of hydrogen-bond donors (Lipinski definition) is 2. The number of quaternary nitrogens is 1. The van der Waals surface area contributed by atoms with E-state index in [0.29, 0.717) is 5.56 Å². The molecule has 0 aliphatic rings. The minimum Gasteiger partial charge on any atom is -0.330 e. The van der Waals surface area contributed by atoms with Gasteiger partial charge in [-0.1, -0.05) is 54.6 Å². The molecule has 0 aromatic heterocycles. The average Bonchev–Trinajstić information content (AvgIpc) is 2.65. The number of anilines is 1. The van der Waals surface area contributed by atoms with Gasteiger partial charge in [0.2, 0.25) is 0 Å². The molecular formula is C23H25N2O+. The highest BCUT2D eigenvalue weighted by molar-refractivity contribution is 6.04. The van der Waals surface area contributed by atoms with E-state index in [1.54, 1.807) is 0 Å². The normalized spacial score (nSPS) is 11.8. The molecule has 0 aliphatic carbocycles. The van der Waals surface area contributed by atoms with Gasteiger partial charge in [-0.15, -0.1) is 0 Å². The second-order valence-electron chi connectivity index (χ2n) is 6.75. The summed E-state index contributed by atoms with van der Waals surface area (Å²) in [4.78, 5) is 13.7. The maximum absolute atomic E-state index is 12.3. The molecule has 0 bridgehead atoms. The Bertz CT molecular complexity index is 857. The van der Waals surface area contributed by atoms with E-state index >= 15 is 0 Å². The molecule has 0 spiro atoms. The highest BCUT2D eigenvalue weighted by Crippen LogP contribution is 2.10. The topological polar surface area (TPSA) is 33.5 Å². The molecule has 0 aliphatic heterocycles. The summed E-state index contributed by atoms with van der Waals surface area (Å²) in [5.74, 6) is -0.0802. The summed E-state index contributed by atoms with van der Waals surface area (Å²) < 4.78 is 0. The van der Waals surface area contributed by atoms with Gasteiger partial charge < -0.3 is 10.2 Å². The zero-order chi connectivity index (χ0) is 18.4. The Morgan fingerprint density at radius 3 is 2.19 bits per heavy atom. The second-order valence-corrected chi connectivity index (χ2v) is 6.75. The van der Waals surface area contributed by atoms with E-state index in [1.807, 2.05) is 54.6 Å². The van der Waals surface area contributed by atoms with Crippen LogP contribution in [0.1, 0.15) is 27.0 Å². The van der Waals surface area contributed by atoms with Gasteiger partial charge in [0.15, 0.2) is 0 Å². The van der Waals surface area contributed by atoms with Gasteiger partial charge in [0.1, 0.15) is 13.1 Å². The molecular weight excluding hydrogens is 320 g/mol. The number of benzene rings is 3. The maximum atomic E-state index is 12.3. The Balaban J connectivity index is 1.59. The lowest BCUT2D eigenvalue weighted by atomic mass is 10.1. The van der Waals surface area contributed by atoms with E-state index in [-0.39, 0.29) is 5.91 Å². The van der Waals surface area contributed by atoms with Crippen molar-refractivity contribution in [3.05, 3.63) is 101 Å². The predicted octanol–water partition coefficient (Wildman–Crippen LogP) is 3.46. The SMILES string of the molecule is Cc1ccccc1C[NH+](C)Cc1ccc(C(=O)Nc2ccccc2)cc1. The molecule has 3 aromatic rings. The molecule has 1 amide bonds. The van der Waals surface area contributed by atoms with Crippen molar-refractivity contribution in [1.29, 1.82) is 0 Å². The third kappa shape index (κ3) is 4.80. The summed E-state index contributed by atoms with van der Waals surface area (Å²) in [7, 11) is 2.20. The monoisotopic (exact) mass is 345 g/mol. The van der Waals surface area contributed by atoms with Crippen LogP contribution in [0.2, 0.25) is 0 Å². The Kier molecular flexibility index (Phi) is 5.82. The van der Waals surface area contributed by atoms with Gasteiger partial charge >= 0.3 is 0 Å². The van der Waals surface area contributed by atoms with Crippen molar-refractivity contribution in [2.45, 2.75) is 20.0 Å². The van der Waals surface area contributed by atoms with Crippen LogP contribution < -0.4 is 10.2 Å². The quantitative estimate of drug-likeness (QED) is 0.705. The van der Waals surface area contributed by atoms with E-state index in [9.17, 15) is 4.79 Å². The highest BCUT2D eigenvalue weighted by atomic mass is 16.1. The van der Waals surface area contributed by atoms with Crippen LogP contribution in [0.15, 0.2) is 78.9 Å². The molecule has 26 heavy (non-hydrogen) atoms. The first-order valence-electron chi connectivity index (χ1n) is 8.93. The summed E-state index contributed by atoms with van der Waals surface area (Å²) >= 11 is 0. The first-order chi connectivity index (χ1) is 12.6. The maximum Gasteiger partial charge on any atom is 0.255 e. The molecule has 2 N–H and O–H groups in total. The molecule has 132 valence electrons. The molecule has 0 radical (unpaired) electrons. The molecule has 1 unspecified atom stereocenters. The predicted molar refractivity (Wildman–Crippen MR) is 106 cm³/mol. The fourth-order valence-corrected chi connectivity index (χ4v) is 3.04. The van der Waals surface area contributed by atoms with E-state index in [2.05, 4.69) is 43.6 Å². The summed E-state index contributed by atoms with van der Waals surface area (Å²) in [5.41, 5.74) is 5.43. The van der Waals surface area contributed by atoms with Gasteiger partial charge in [-0.2, -0.15) is 0 Å². The van der Waals surface area contributed by atoms with Crippen molar-refractivity contribution < 1.29 is 9.69 Å². The summed E-state index contributed by atoms with van der Waals surface area (Å²) in [6, 6.07) is 25.9. The summed E-state index contributed by atoms with van der Waals surface area (Å²) in [6.45, 7) is 4.07. The number of nitrogens with one attached hydrogen (secondary N) is 2.